The highest BCUT2D eigenvalue weighted by Gasteiger charge is 2.50. The Labute approximate surface area is 358 Å². The minimum Gasteiger partial charge on any atom is -0.456 e. The lowest BCUT2D eigenvalue weighted by Gasteiger charge is -2.35. The van der Waals surface area contributed by atoms with Crippen molar-refractivity contribution in [3.63, 3.8) is 0 Å². The number of rotatable bonds is 4. The van der Waals surface area contributed by atoms with E-state index >= 15 is 0 Å². The third kappa shape index (κ3) is 5.04. The lowest BCUT2D eigenvalue weighted by molar-refractivity contribution is 0.666. The molecule has 0 saturated heterocycles. The summed E-state index contributed by atoms with van der Waals surface area (Å²) in [4.78, 5) is 15.7. The summed E-state index contributed by atoms with van der Waals surface area (Å²) >= 11 is 0. The van der Waals surface area contributed by atoms with Crippen LogP contribution in [0.5, 0.6) is 0 Å². The van der Waals surface area contributed by atoms with E-state index in [0.717, 1.165) is 44.2 Å². The van der Waals surface area contributed by atoms with Crippen molar-refractivity contribution >= 4 is 21.9 Å². The average molecular weight is 790 g/mol. The second-order valence-corrected chi connectivity index (χ2v) is 16.3. The lowest BCUT2D eigenvalue weighted by atomic mass is 9.65. The zero-order chi connectivity index (χ0) is 40.8. The first-order chi connectivity index (χ1) is 30.7. The summed E-state index contributed by atoms with van der Waals surface area (Å²) in [7, 11) is 0. The molecule has 0 fully saturated rings. The number of fused-ring (bicyclic) bond motifs is 15. The standard InChI is InChI=1S/C58H35N3O/c1-3-15-36(16-4-1)37-27-29-39(30-28-37)56-59-55(38-17-5-2-6-18-38)60-57(61-56)40-31-32-45-42-20-8-7-19-41(42)43-21-9-12-24-49(43)58(51(45)33-40)50-25-13-10-22-44(50)47-34-48-46-23-11-14-26-53(46)62-54(48)35-52(47)58/h1-35H. The minimum absolute atomic E-state index is 0.615. The Morgan fingerprint density at radius 3 is 1.40 bits per heavy atom. The highest BCUT2D eigenvalue weighted by molar-refractivity contribution is 6.09. The van der Waals surface area contributed by atoms with Gasteiger partial charge < -0.3 is 4.42 Å². The first-order valence-electron chi connectivity index (χ1n) is 21.1. The van der Waals surface area contributed by atoms with E-state index in [2.05, 4.69) is 182 Å². The number of nitrogens with zero attached hydrogens (tertiary/aromatic N) is 3. The predicted octanol–water partition coefficient (Wildman–Crippen LogP) is 14.4. The van der Waals surface area contributed by atoms with Gasteiger partial charge in [-0.3, -0.25) is 0 Å². The molecule has 4 heteroatoms. The van der Waals surface area contributed by atoms with Gasteiger partial charge in [0.05, 0.1) is 5.41 Å². The van der Waals surface area contributed by atoms with Gasteiger partial charge in [0.15, 0.2) is 17.5 Å². The molecule has 1 spiro atoms. The van der Waals surface area contributed by atoms with E-state index in [4.69, 9.17) is 19.4 Å². The SMILES string of the molecule is c1ccc(-c2ccc(-c3nc(-c4ccccc4)nc(-c4ccc5c(c4)C4(c6ccccc6-c6ccccc6-5)c5ccccc5-c5cc6c(cc54)oc4ccccc46)n3)cc2)cc1. The molecule has 4 nitrogen and oxygen atoms in total. The highest BCUT2D eigenvalue weighted by Crippen LogP contribution is 2.62. The second kappa shape index (κ2) is 13.4. The van der Waals surface area contributed by atoms with Crippen molar-refractivity contribution in [2.24, 2.45) is 0 Å². The maximum atomic E-state index is 6.69. The molecule has 11 aromatic rings. The first kappa shape index (κ1) is 34.6. The average Bonchev–Trinajstić information content (AvgIpc) is 3.82. The fourth-order valence-electron chi connectivity index (χ4n) is 10.2. The number of aromatic nitrogens is 3. The fraction of sp³-hybridized carbons (Fsp3) is 0.0172. The van der Waals surface area contributed by atoms with Crippen LogP contribution in [0.2, 0.25) is 0 Å². The van der Waals surface area contributed by atoms with Crippen molar-refractivity contribution in [2.45, 2.75) is 5.41 Å². The third-order valence-corrected chi connectivity index (χ3v) is 13.0. The molecule has 62 heavy (non-hydrogen) atoms. The van der Waals surface area contributed by atoms with E-state index in [1.54, 1.807) is 0 Å². The number of para-hydroxylation sites is 1. The molecule has 9 aromatic carbocycles. The molecule has 2 heterocycles. The Morgan fingerprint density at radius 1 is 0.274 bits per heavy atom. The van der Waals surface area contributed by atoms with Gasteiger partial charge in [-0.1, -0.05) is 188 Å². The minimum atomic E-state index is -0.717. The number of hydrogen-bond donors (Lipinski definition) is 0. The van der Waals surface area contributed by atoms with E-state index in [0.29, 0.717) is 17.5 Å². The Bertz CT molecular complexity index is 3570. The third-order valence-electron chi connectivity index (χ3n) is 13.0. The summed E-state index contributed by atoms with van der Waals surface area (Å²) in [6.07, 6.45) is 0. The summed E-state index contributed by atoms with van der Waals surface area (Å²) < 4.78 is 6.69. The molecule has 0 radical (unpaired) electrons. The van der Waals surface area contributed by atoms with E-state index in [1.807, 2.05) is 30.3 Å². The van der Waals surface area contributed by atoms with Crippen LogP contribution in [-0.4, -0.2) is 15.0 Å². The molecular formula is C58H35N3O. The number of furan rings is 1. The molecule has 0 N–H and O–H groups in total. The summed E-state index contributed by atoms with van der Waals surface area (Å²) in [6.45, 7) is 0. The van der Waals surface area contributed by atoms with Crippen LogP contribution < -0.4 is 0 Å². The summed E-state index contributed by atoms with van der Waals surface area (Å²) in [5, 5.41) is 2.24. The van der Waals surface area contributed by atoms with Gasteiger partial charge in [0.25, 0.3) is 0 Å². The molecule has 0 amide bonds. The molecule has 288 valence electrons. The van der Waals surface area contributed by atoms with E-state index in [9.17, 15) is 0 Å². The molecule has 0 bridgehead atoms. The smallest absolute Gasteiger partial charge is 0.164 e. The highest BCUT2D eigenvalue weighted by atomic mass is 16.3. The first-order valence-corrected chi connectivity index (χ1v) is 21.1. The Kier molecular flexibility index (Phi) is 7.49. The maximum absolute atomic E-state index is 6.69. The van der Waals surface area contributed by atoms with Crippen LogP contribution in [0.15, 0.2) is 217 Å². The van der Waals surface area contributed by atoms with Gasteiger partial charge in [0, 0.05) is 27.5 Å². The normalized spacial score (nSPS) is 14.5. The van der Waals surface area contributed by atoms with Crippen molar-refractivity contribution in [1.29, 1.82) is 0 Å². The van der Waals surface area contributed by atoms with Crippen LogP contribution in [-0.2, 0) is 5.41 Å². The molecule has 2 aliphatic carbocycles. The zero-order valence-corrected chi connectivity index (χ0v) is 33.5. The predicted molar refractivity (Wildman–Crippen MR) is 251 cm³/mol. The van der Waals surface area contributed by atoms with Crippen molar-refractivity contribution in [3.8, 4) is 78.7 Å². The Hall–Kier alpha value is -8.21. The van der Waals surface area contributed by atoms with Gasteiger partial charge in [-0.25, -0.2) is 15.0 Å². The van der Waals surface area contributed by atoms with E-state index < -0.39 is 5.41 Å². The largest absolute Gasteiger partial charge is 0.456 e. The molecule has 2 aliphatic rings. The van der Waals surface area contributed by atoms with Gasteiger partial charge >= 0.3 is 0 Å². The van der Waals surface area contributed by atoms with Crippen molar-refractivity contribution in [2.75, 3.05) is 0 Å². The summed E-state index contributed by atoms with van der Waals surface area (Å²) in [6, 6.07) is 75.8. The van der Waals surface area contributed by atoms with Gasteiger partial charge in [-0.15, -0.1) is 0 Å². The van der Waals surface area contributed by atoms with Gasteiger partial charge in [-0.05, 0) is 91.0 Å². The van der Waals surface area contributed by atoms with Gasteiger partial charge in [-0.2, -0.15) is 0 Å². The van der Waals surface area contributed by atoms with Crippen molar-refractivity contribution in [3.05, 3.63) is 235 Å². The lowest BCUT2D eigenvalue weighted by Crippen LogP contribution is -2.29. The molecule has 0 aliphatic heterocycles. The molecular weight excluding hydrogens is 755 g/mol. The maximum Gasteiger partial charge on any atom is 0.164 e. The summed E-state index contributed by atoms with van der Waals surface area (Å²) in [5.41, 5.74) is 18.2. The van der Waals surface area contributed by atoms with E-state index in [1.165, 1.54) is 61.2 Å². The Balaban J connectivity index is 1.10. The molecule has 0 saturated carbocycles. The molecule has 13 rings (SSSR count). The van der Waals surface area contributed by atoms with Gasteiger partial charge in [0.1, 0.15) is 11.2 Å². The van der Waals surface area contributed by atoms with Crippen molar-refractivity contribution in [1.82, 2.24) is 15.0 Å². The zero-order valence-electron chi connectivity index (χ0n) is 33.5. The second-order valence-electron chi connectivity index (χ2n) is 16.3. The number of benzene rings is 9. The van der Waals surface area contributed by atoms with Crippen LogP contribution in [0.3, 0.4) is 0 Å². The monoisotopic (exact) mass is 789 g/mol. The molecule has 1 unspecified atom stereocenters. The molecule has 2 aromatic heterocycles. The van der Waals surface area contributed by atoms with Crippen LogP contribution in [0.25, 0.3) is 101 Å². The van der Waals surface area contributed by atoms with E-state index in [-0.39, 0.29) is 0 Å². The van der Waals surface area contributed by atoms with Crippen LogP contribution in [0, 0.1) is 0 Å². The number of hydrogen-bond acceptors (Lipinski definition) is 4. The fourth-order valence-corrected chi connectivity index (χ4v) is 10.2. The van der Waals surface area contributed by atoms with Crippen LogP contribution >= 0.6 is 0 Å². The Morgan fingerprint density at radius 2 is 0.726 bits per heavy atom. The summed E-state index contributed by atoms with van der Waals surface area (Å²) in [5.74, 6) is 1.86. The topological polar surface area (TPSA) is 51.8 Å². The van der Waals surface area contributed by atoms with Crippen molar-refractivity contribution < 1.29 is 4.42 Å². The quantitative estimate of drug-likeness (QED) is 0.178. The van der Waals surface area contributed by atoms with Crippen LogP contribution in [0.1, 0.15) is 22.3 Å². The van der Waals surface area contributed by atoms with Crippen LogP contribution in [0.4, 0.5) is 0 Å². The van der Waals surface area contributed by atoms with Gasteiger partial charge in [0.2, 0.25) is 0 Å². The molecule has 1 atom stereocenters.